The zero-order valence-electron chi connectivity index (χ0n) is 13.0. The standard InChI is InChI=1S/C16H20N2O3S/c1-12-10-14(13(2)17(12)8-9-21-3)15(19)11-22-16-6-4-5-7-18(16)20/h4-7,10H,8-9,11H2,1-3H3. The predicted octanol–water partition coefficient (Wildman–Crippen LogP) is 2.36. The van der Waals surface area contributed by atoms with Gasteiger partial charge in [-0.2, -0.15) is 4.73 Å². The van der Waals surface area contributed by atoms with Crippen molar-refractivity contribution in [1.82, 2.24) is 4.57 Å². The summed E-state index contributed by atoms with van der Waals surface area (Å²) in [4.78, 5) is 12.4. The first-order chi connectivity index (χ1) is 10.5. The number of hydrogen-bond acceptors (Lipinski definition) is 4. The molecule has 2 aromatic heterocycles. The Bertz CT molecular complexity index is 667. The molecule has 22 heavy (non-hydrogen) atoms. The molecule has 0 aromatic carbocycles. The molecule has 0 fully saturated rings. The first kappa shape index (κ1) is 16.6. The van der Waals surface area contributed by atoms with Crippen LogP contribution in [0.4, 0.5) is 0 Å². The minimum Gasteiger partial charge on any atom is -0.618 e. The van der Waals surface area contributed by atoms with Gasteiger partial charge in [0.15, 0.2) is 12.0 Å². The van der Waals surface area contributed by atoms with Gasteiger partial charge >= 0.3 is 0 Å². The van der Waals surface area contributed by atoms with Gasteiger partial charge in [-0.3, -0.25) is 4.79 Å². The average molecular weight is 320 g/mol. The lowest BCUT2D eigenvalue weighted by molar-refractivity contribution is -0.645. The molecule has 0 atom stereocenters. The fourth-order valence-corrected chi connectivity index (χ4v) is 3.15. The topological polar surface area (TPSA) is 58.2 Å². The second-order valence-electron chi connectivity index (χ2n) is 5.01. The molecule has 118 valence electrons. The van der Waals surface area contributed by atoms with Gasteiger partial charge in [-0.1, -0.05) is 0 Å². The number of thioether (sulfide) groups is 1. The third-order valence-electron chi connectivity index (χ3n) is 3.53. The summed E-state index contributed by atoms with van der Waals surface area (Å²) < 4.78 is 7.96. The number of methoxy groups -OCH3 is 1. The highest BCUT2D eigenvalue weighted by atomic mass is 32.2. The molecule has 0 spiro atoms. The molecule has 2 heterocycles. The summed E-state index contributed by atoms with van der Waals surface area (Å²) in [6.45, 7) is 5.26. The van der Waals surface area contributed by atoms with Crippen molar-refractivity contribution >= 4 is 17.5 Å². The van der Waals surface area contributed by atoms with E-state index in [0.717, 1.165) is 28.2 Å². The van der Waals surface area contributed by atoms with E-state index in [4.69, 9.17) is 4.74 Å². The van der Waals surface area contributed by atoms with Gasteiger partial charge in [0.25, 0.3) is 5.03 Å². The van der Waals surface area contributed by atoms with Gasteiger partial charge in [-0.05, 0) is 37.7 Å². The molecule has 0 unspecified atom stereocenters. The summed E-state index contributed by atoms with van der Waals surface area (Å²) in [5.41, 5.74) is 2.71. The SMILES string of the molecule is COCCn1c(C)cc(C(=O)CSc2cccc[n+]2[O-])c1C. The highest BCUT2D eigenvalue weighted by Gasteiger charge is 2.17. The van der Waals surface area contributed by atoms with Crippen molar-refractivity contribution in [1.29, 1.82) is 0 Å². The molecule has 0 radical (unpaired) electrons. The molecule has 6 heteroatoms. The summed E-state index contributed by atoms with van der Waals surface area (Å²) in [6.07, 6.45) is 1.43. The third kappa shape index (κ3) is 3.69. The molecule has 0 bridgehead atoms. The molecule has 0 amide bonds. The third-order valence-corrected chi connectivity index (χ3v) is 4.55. The van der Waals surface area contributed by atoms with Crippen molar-refractivity contribution in [2.75, 3.05) is 19.5 Å². The van der Waals surface area contributed by atoms with Crippen molar-refractivity contribution in [3.05, 3.63) is 52.6 Å². The zero-order valence-corrected chi connectivity index (χ0v) is 13.9. The second-order valence-corrected chi connectivity index (χ2v) is 6.00. The van der Waals surface area contributed by atoms with Gasteiger partial charge in [0.2, 0.25) is 0 Å². The van der Waals surface area contributed by atoms with Crippen LogP contribution in [0.15, 0.2) is 35.5 Å². The van der Waals surface area contributed by atoms with Crippen LogP contribution in [0, 0.1) is 19.1 Å². The van der Waals surface area contributed by atoms with Crippen LogP contribution in [-0.4, -0.2) is 29.8 Å². The monoisotopic (exact) mass is 320 g/mol. The van der Waals surface area contributed by atoms with E-state index < -0.39 is 0 Å². The number of nitrogens with zero attached hydrogens (tertiary/aromatic N) is 2. The summed E-state index contributed by atoms with van der Waals surface area (Å²) in [5, 5.41) is 12.1. The predicted molar refractivity (Wildman–Crippen MR) is 86.2 cm³/mol. The lowest BCUT2D eigenvalue weighted by Gasteiger charge is -2.08. The average Bonchev–Trinajstić information content (AvgIpc) is 2.79. The molecule has 2 aromatic rings. The van der Waals surface area contributed by atoms with Crippen molar-refractivity contribution in [2.45, 2.75) is 25.4 Å². The van der Waals surface area contributed by atoms with Crippen LogP contribution in [0.1, 0.15) is 21.7 Å². The number of aromatic nitrogens is 2. The molecule has 0 aliphatic rings. The number of hydrogen-bond donors (Lipinski definition) is 0. The number of ether oxygens (including phenoxy) is 1. The fraction of sp³-hybridized carbons (Fsp3) is 0.375. The Kier molecular flexibility index (Phi) is 5.63. The quantitative estimate of drug-likeness (QED) is 0.340. The molecular weight excluding hydrogens is 300 g/mol. The first-order valence-corrected chi connectivity index (χ1v) is 8.03. The number of carbonyl (C=O) groups is 1. The van der Waals surface area contributed by atoms with Crippen LogP contribution in [0.5, 0.6) is 0 Å². The number of aryl methyl sites for hydroxylation is 1. The zero-order chi connectivity index (χ0) is 16.1. The van der Waals surface area contributed by atoms with Crippen LogP contribution in [0.2, 0.25) is 0 Å². The van der Waals surface area contributed by atoms with Gasteiger partial charge in [-0.25, -0.2) is 0 Å². The molecule has 0 aliphatic carbocycles. The van der Waals surface area contributed by atoms with Crippen LogP contribution in [0.25, 0.3) is 0 Å². The highest BCUT2D eigenvalue weighted by Crippen LogP contribution is 2.20. The molecule has 0 saturated carbocycles. The van der Waals surface area contributed by atoms with Crippen LogP contribution in [-0.2, 0) is 11.3 Å². The maximum absolute atomic E-state index is 12.4. The largest absolute Gasteiger partial charge is 0.618 e. The number of Topliss-reactive ketones (excluding diaryl/α,β-unsaturated/α-hetero) is 1. The van der Waals surface area contributed by atoms with Gasteiger partial charge in [0, 0.05) is 42.7 Å². The highest BCUT2D eigenvalue weighted by molar-refractivity contribution is 7.99. The molecule has 0 aliphatic heterocycles. The lowest BCUT2D eigenvalue weighted by Crippen LogP contribution is -2.28. The molecule has 0 saturated heterocycles. The van der Waals surface area contributed by atoms with Crippen molar-refractivity contribution in [3.8, 4) is 0 Å². The van der Waals surface area contributed by atoms with E-state index in [0.29, 0.717) is 11.6 Å². The van der Waals surface area contributed by atoms with E-state index in [1.807, 2.05) is 19.9 Å². The van der Waals surface area contributed by atoms with Gasteiger partial charge in [0.1, 0.15) is 0 Å². The number of ketones is 1. The van der Waals surface area contributed by atoms with E-state index in [1.165, 1.54) is 18.0 Å². The molecule has 5 nitrogen and oxygen atoms in total. The summed E-state index contributed by atoms with van der Waals surface area (Å²) in [5.74, 6) is 0.284. The Hall–Kier alpha value is -1.79. The number of pyridine rings is 1. The summed E-state index contributed by atoms with van der Waals surface area (Å²) in [6, 6.07) is 7.08. The van der Waals surface area contributed by atoms with Gasteiger partial charge in [0.05, 0.1) is 12.4 Å². The minimum atomic E-state index is 0.0330. The van der Waals surface area contributed by atoms with Gasteiger partial charge < -0.3 is 14.5 Å². The van der Waals surface area contributed by atoms with E-state index in [2.05, 4.69) is 4.57 Å². The summed E-state index contributed by atoms with van der Waals surface area (Å²) >= 11 is 1.26. The van der Waals surface area contributed by atoms with Crippen molar-refractivity contribution < 1.29 is 14.3 Å². The number of carbonyl (C=O) groups excluding carboxylic acids is 1. The summed E-state index contributed by atoms with van der Waals surface area (Å²) in [7, 11) is 1.66. The van der Waals surface area contributed by atoms with Crippen molar-refractivity contribution in [3.63, 3.8) is 0 Å². The Morgan fingerprint density at radius 1 is 1.41 bits per heavy atom. The van der Waals surface area contributed by atoms with E-state index in [1.54, 1.807) is 25.3 Å². The van der Waals surface area contributed by atoms with Crippen molar-refractivity contribution in [2.24, 2.45) is 0 Å². The Morgan fingerprint density at radius 3 is 2.86 bits per heavy atom. The molecule has 0 N–H and O–H groups in total. The lowest BCUT2D eigenvalue weighted by atomic mass is 10.2. The maximum Gasteiger partial charge on any atom is 0.251 e. The molecular formula is C16H20N2O3S. The normalized spacial score (nSPS) is 10.9. The maximum atomic E-state index is 12.4. The van der Waals surface area contributed by atoms with E-state index in [9.17, 15) is 10.0 Å². The fourth-order valence-electron chi connectivity index (χ4n) is 2.35. The minimum absolute atomic E-state index is 0.0330. The van der Waals surface area contributed by atoms with E-state index >= 15 is 0 Å². The van der Waals surface area contributed by atoms with Crippen LogP contribution >= 0.6 is 11.8 Å². The van der Waals surface area contributed by atoms with Crippen LogP contribution in [0.3, 0.4) is 0 Å². The smallest absolute Gasteiger partial charge is 0.251 e. The number of rotatable bonds is 7. The Balaban J connectivity index is 2.08. The Morgan fingerprint density at radius 2 is 2.18 bits per heavy atom. The second kappa shape index (κ2) is 7.47. The first-order valence-electron chi connectivity index (χ1n) is 7.04. The van der Waals surface area contributed by atoms with E-state index in [-0.39, 0.29) is 11.5 Å². The Labute approximate surface area is 134 Å². The molecule has 2 rings (SSSR count). The van der Waals surface area contributed by atoms with Crippen LogP contribution < -0.4 is 4.73 Å². The van der Waals surface area contributed by atoms with Gasteiger partial charge in [-0.15, -0.1) is 0 Å².